The van der Waals surface area contributed by atoms with Gasteiger partial charge < -0.3 is 0 Å². The summed E-state index contributed by atoms with van der Waals surface area (Å²) in [4.78, 5) is 0. The molecule has 100 valence electrons. The number of hydrogen-bond acceptors (Lipinski definition) is 2. The largest absolute Gasteiger partial charge is 0.271 e. The number of benzene rings is 2. The molecule has 0 heterocycles. The van der Waals surface area contributed by atoms with E-state index in [2.05, 4.69) is 36.6 Å². The second-order valence-corrected chi connectivity index (χ2v) is 5.21. The van der Waals surface area contributed by atoms with Gasteiger partial charge >= 0.3 is 0 Å². The number of rotatable bonds is 4. The Morgan fingerprint density at radius 3 is 2.53 bits per heavy atom. The Balaban J connectivity index is 2.31. The maximum absolute atomic E-state index is 6.18. The number of nitrogens with two attached hydrogens (primary N) is 1. The molecule has 2 aromatic carbocycles. The van der Waals surface area contributed by atoms with Gasteiger partial charge in [-0.05, 0) is 48.6 Å². The molecular weight excluding hydrogens is 256 g/mol. The number of hydrogen-bond donors (Lipinski definition) is 2. The highest BCUT2D eigenvalue weighted by atomic mass is 35.5. The van der Waals surface area contributed by atoms with Crippen molar-refractivity contribution in [1.82, 2.24) is 5.43 Å². The van der Waals surface area contributed by atoms with Gasteiger partial charge in [0.2, 0.25) is 0 Å². The Morgan fingerprint density at radius 2 is 1.84 bits per heavy atom. The summed E-state index contributed by atoms with van der Waals surface area (Å²) < 4.78 is 0. The maximum atomic E-state index is 6.18. The van der Waals surface area contributed by atoms with Crippen LogP contribution in [0.15, 0.2) is 42.5 Å². The van der Waals surface area contributed by atoms with Gasteiger partial charge in [-0.3, -0.25) is 11.3 Å². The molecule has 0 fully saturated rings. The summed E-state index contributed by atoms with van der Waals surface area (Å²) >= 11 is 6.18. The molecule has 0 saturated carbocycles. The molecule has 2 rings (SSSR count). The molecule has 0 spiro atoms. The van der Waals surface area contributed by atoms with E-state index in [0.717, 1.165) is 22.6 Å². The Labute approximate surface area is 119 Å². The summed E-state index contributed by atoms with van der Waals surface area (Å²) in [5, 5.41) is 0.780. The first-order chi connectivity index (χ1) is 9.13. The smallest absolute Gasteiger partial charge is 0.0503 e. The lowest BCUT2D eigenvalue weighted by molar-refractivity contribution is 0.548. The molecule has 3 N–H and O–H groups in total. The van der Waals surface area contributed by atoms with Crippen LogP contribution in [-0.4, -0.2) is 0 Å². The highest BCUT2D eigenvalue weighted by Gasteiger charge is 2.15. The van der Waals surface area contributed by atoms with Crippen molar-refractivity contribution in [3.8, 4) is 0 Å². The predicted molar refractivity (Wildman–Crippen MR) is 81.1 cm³/mol. The number of aryl methyl sites for hydroxylation is 1. The molecule has 19 heavy (non-hydrogen) atoms. The monoisotopic (exact) mass is 274 g/mol. The van der Waals surface area contributed by atoms with Gasteiger partial charge in [-0.1, -0.05) is 48.0 Å². The maximum Gasteiger partial charge on any atom is 0.0503 e. The zero-order valence-corrected chi connectivity index (χ0v) is 12.0. The van der Waals surface area contributed by atoms with Gasteiger partial charge in [0.15, 0.2) is 0 Å². The molecule has 0 aliphatic rings. The summed E-state index contributed by atoms with van der Waals surface area (Å²) in [6.07, 6.45) is 0.852. The summed E-state index contributed by atoms with van der Waals surface area (Å²) in [6, 6.07) is 14.4. The molecule has 0 aliphatic heterocycles. The zero-order chi connectivity index (χ0) is 13.8. The normalized spacial score (nSPS) is 12.4. The van der Waals surface area contributed by atoms with E-state index in [4.69, 9.17) is 17.4 Å². The van der Waals surface area contributed by atoms with E-state index < -0.39 is 0 Å². The molecule has 0 amide bonds. The first kappa shape index (κ1) is 14.1. The second-order valence-electron chi connectivity index (χ2n) is 4.80. The Morgan fingerprint density at radius 1 is 1.11 bits per heavy atom. The average molecular weight is 275 g/mol. The van der Waals surface area contributed by atoms with Crippen molar-refractivity contribution in [2.45, 2.75) is 26.3 Å². The van der Waals surface area contributed by atoms with Crippen LogP contribution in [0.3, 0.4) is 0 Å². The molecule has 0 saturated heterocycles. The topological polar surface area (TPSA) is 38.0 Å². The van der Waals surface area contributed by atoms with E-state index in [1.54, 1.807) is 0 Å². The molecule has 3 heteroatoms. The molecule has 1 atom stereocenters. The van der Waals surface area contributed by atoms with Crippen LogP contribution < -0.4 is 11.3 Å². The van der Waals surface area contributed by atoms with Crippen LogP contribution >= 0.6 is 11.6 Å². The van der Waals surface area contributed by atoms with Crippen molar-refractivity contribution >= 4 is 11.6 Å². The molecule has 0 radical (unpaired) electrons. The SMILES string of the molecule is Cc1ccccc1CC(NN)c1cccc(Cl)c1C. The first-order valence-electron chi connectivity index (χ1n) is 6.39. The van der Waals surface area contributed by atoms with E-state index >= 15 is 0 Å². The van der Waals surface area contributed by atoms with Crippen LogP contribution in [-0.2, 0) is 6.42 Å². The van der Waals surface area contributed by atoms with Gasteiger partial charge in [0.1, 0.15) is 0 Å². The van der Waals surface area contributed by atoms with E-state index in [1.807, 2.05) is 25.1 Å². The van der Waals surface area contributed by atoms with Crippen molar-refractivity contribution in [2.24, 2.45) is 5.84 Å². The minimum atomic E-state index is 0.0693. The number of halogens is 1. The molecule has 2 nitrogen and oxygen atoms in total. The van der Waals surface area contributed by atoms with Crippen molar-refractivity contribution in [3.05, 3.63) is 69.7 Å². The van der Waals surface area contributed by atoms with Crippen molar-refractivity contribution < 1.29 is 0 Å². The van der Waals surface area contributed by atoms with Crippen LogP contribution in [0.1, 0.15) is 28.3 Å². The summed E-state index contributed by atoms with van der Waals surface area (Å²) in [6.45, 7) is 4.15. The predicted octanol–water partition coefficient (Wildman–Crippen LogP) is 3.70. The molecule has 1 unspecified atom stereocenters. The van der Waals surface area contributed by atoms with Gasteiger partial charge in [0, 0.05) is 5.02 Å². The quantitative estimate of drug-likeness (QED) is 0.659. The fourth-order valence-corrected chi connectivity index (χ4v) is 2.50. The molecule has 0 bridgehead atoms. The third kappa shape index (κ3) is 3.16. The molecule has 0 aliphatic carbocycles. The Kier molecular flexibility index (Phi) is 4.59. The van der Waals surface area contributed by atoms with Crippen LogP contribution in [0.25, 0.3) is 0 Å². The lowest BCUT2D eigenvalue weighted by Crippen LogP contribution is -2.30. The summed E-state index contributed by atoms with van der Waals surface area (Å²) in [5.41, 5.74) is 7.71. The van der Waals surface area contributed by atoms with Crippen LogP contribution in [0.2, 0.25) is 5.02 Å². The van der Waals surface area contributed by atoms with Crippen molar-refractivity contribution in [1.29, 1.82) is 0 Å². The highest BCUT2D eigenvalue weighted by Crippen LogP contribution is 2.26. The lowest BCUT2D eigenvalue weighted by Gasteiger charge is -2.20. The number of nitrogens with one attached hydrogen (secondary N) is 1. The molecular formula is C16H19ClN2. The van der Waals surface area contributed by atoms with Gasteiger partial charge in [0.05, 0.1) is 6.04 Å². The average Bonchev–Trinajstić information content (AvgIpc) is 2.41. The Hall–Kier alpha value is -1.35. The van der Waals surface area contributed by atoms with Gasteiger partial charge in [-0.15, -0.1) is 0 Å². The third-order valence-electron chi connectivity index (χ3n) is 3.57. The van der Waals surface area contributed by atoms with E-state index in [0.29, 0.717) is 0 Å². The molecule has 2 aromatic rings. The Bertz CT molecular complexity index is 566. The van der Waals surface area contributed by atoms with Crippen molar-refractivity contribution in [2.75, 3.05) is 0 Å². The van der Waals surface area contributed by atoms with Gasteiger partial charge in [0.25, 0.3) is 0 Å². The third-order valence-corrected chi connectivity index (χ3v) is 3.98. The van der Waals surface area contributed by atoms with Crippen molar-refractivity contribution in [3.63, 3.8) is 0 Å². The zero-order valence-electron chi connectivity index (χ0n) is 11.3. The summed E-state index contributed by atoms with van der Waals surface area (Å²) in [5.74, 6) is 5.73. The highest BCUT2D eigenvalue weighted by molar-refractivity contribution is 6.31. The van der Waals surface area contributed by atoms with E-state index in [9.17, 15) is 0 Å². The minimum Gasteiger partial charge on any atom is -0.271 e. The van der Waals surface area contributed by atoms with Crippen LogP contribution in [0.4, 0.5) is 0 Å². The number of hydrazine groups is 1. The van der Waals surface area contributed by atoms with Gasteiger partial charge in [-0.2, -0.15) is 0 Å². The minimum absolute atomic E-state index is 0.0693. The standard InChI is InChI=1S/C16H19ClN2/c1-11-6-3-4-7-13(11)10-16(19-18)14-8-5-9-15(17)12(14)2/h3-9,16,19H,10,18H2,1-2H3. The van der Waals surface area contributed by atoms with E-state index in [-0.39, 0.29) is 6.04 Å². The second kappa shape index (κ2) is 6.20. The van der Waals surface area contributed by atoms with E-state index in [1.165, 1.54) is 11.1 Å². The van der Waals surface area contributed by atoms with Gasteiger partial charge in [-0.25, -0.2) is 0 Å². The molecule has 0 aromatic heterocycles. The lowest BCUT2D eigenvalue weighted by atomic mass is 9.94. The summed E-state index contributed by atoms with van der Waals surface area (Å²) in [7, 11) is 0. The fraction of sp³-hybridized carbons (Fsp3) is 0.250. The first-order valence-corrected chi connectivity index (χ1v) is 6.77. The van der Waals surface area contributed by atoms with Crippen LogP contribution in [0, 0.1) is 13.8 Å². The van der Waals surface area contributed by atoms with Crippen LogP contribution in [0.5, 0.6) is 0 Å². The fourth-order valence-electron chi connectivity index (χ4n) is 2.32.